The maximum absolute atomic E-state index is 12.0. The van der Waals surface area contributed by atoms with Crippen LogP contribution >= 0.6 is 0 Å². The highest BCUT2D eigenvalue weighted by atomic mass is 16.6. The Hall–Kier alpha value is -0.770. The number of hydrogen-bond acceptors (Lipinski definition) is 3. The number of hydrogen-bond donors (Lipinski definition) is 2. The molecule has 0 aliphatic heterocycles. The molecule has 2 saturated carbocycles. The smallest absolute Gasteiger partial charge is 0.407 e. The van der Waals surface area contributed by atoms with E-state index in [0.29, 0.717) is 12.0 Å². The van der Waals surface area contributed by atoms with Gasteiger partial charge in [-0.2, -0.15) is 0 Å². The van der Waals surface area contributed by atoms with Crippen molar-refractivity contribution < 1.29 is 9.53 Å². The van der Waals surface area contributed by atoms with Gasteiger partial charge in [-0.3, -0.25) is 0 Å². The van der Waals surface area contributed by atoms with E-state index in [9.17, 15) is 4.79 Å². The van der Waals surface area contributed by atoms with Crippen molar-refractivity contribution in [1.29, 1.82) is 0 Å². The van der Waals surface area contributed by atoms with E-state index in [0.717, 1.165) is 12.5 Å². The molecule has 2 aliphatic carbocycles. The summed E-state index contributed by atoms with van der Waals surface area (Å²) >= 11 is 0. The fourth-order valence-electron chi connectivity index (χ4n) is 3.58. The molecule has 4 nitrogen and oxygen atoms in total. The third kappa shape index (κ3) is 7.11. The molecule has 0 aromatic carbocycles. The van der Waals surface area contributed by atoms with Gasteiger partial charge in [0.05, 0.1) is 0 Å². The summed E-state index contributed by atoms with van der Waals surface area (Å²) in [6.07, 6.45) is 10.1. The maximum atomic E-state index is 12.0. The zero-order valence-corrected chi connectivity index (χ0v) is 15.5. The lowest BCUT2D eigenvalue weighted by Crippen LogP contribution is -2.47. The lowest BCUT2D eigenvalue weighted by molar-refractivity contribution is 0.0496. The molecule has 134 valence electrons. The standard InChI is InChI=1S/C19H36N2O2/c1-5-14-7-6-8-16(12-9-14)20-13-17(15-10-11-15)21-18(22)23-19(2,3)4/h14-17,20H,5-13H2,1-4H3,(H,21,22). The van der Waals surface area contributed by atoms with Gasteiger partial charge in [-0.1, -0.05) is 26.2 Å². The Labute approximate surface area is 142 Å². The molecule has 2 rings (SSSR count). The third-order valence-electron chi connectivity index (χ3n) is 5.19. The second-order valence-electron chi connectivity index (χ2n) is 8.48. The quantitative estimate of drug-likeness (QED) is 0.719. The molecule has 2 aliphatic rings. The first-order valence-corrected chi connectivity index (χ1v) is 9.60. The number of rotatable bonds is 6. The minimum absolute atomic E-state index is 0.218. The molecule has 2 N–H and O–H groups in total. The van der Waals surface area contributed by atoms with Crippen molar-refractivity contribution in [2.24, 2.45) is 11.8 Å². The van der Waals surface area contributed by atoms with Gasteiger partial charge in [0.1, 0.15) is 5.60 Å². The van der Waals surface area contributed by atoms with Crippen molar-refractivity contribution in [1.82, 2.24) is 10.6 Å². The Kier molecular flexibility index (Phi) is 6.75. The van der Waals surface area contributed by atoms with Gasteiger partial charge in [0, 0.05) is 18.6 Å². The van der Waals surface area contributed by atoms with Crippen LogP contribution in [0.1, 0.15) is 79.1 Å². The monoisotopic (exact) mass is 324 g/mol. The molecule has 0 aromatic rings. The number of amides is 1. The van der Waals surface area contributed by atoms with E-state index >= 15 is 0 Å². The highest BCUT2D eigenvalue weighted by molar-refractivity contribution is 5.68. The van der Waals surface area contributed by atoms with Crippen LogP contribution in [-0.2, 0) is 4.74 Å². The molecule has 0 spiro atoms. The number of alkyl carbamates (subject to hydrolysis) is 1. The lowest BCUT2D eigenvalue weighted by atomic mass is 9.98. The van der Waals surface area contributed by atoms with Gasteiger partial charge in [-0.25, -0.2) is 4.79 Å². The summed E-state index contributed by atoms with van der Waals surface area (Å²) in [5.41, 5.74) is -0.429. The van der Waals surface area contributed by atoms with E-state index in [4.69, 9.17) is 4.74 Å². The van der Waals surface area contributed by atoms with Crippen LogP contribution in [0.25, 0.3) is 0 Å². The summed E-state index contributed by atoms with van der Waals surface area (Å²) in [5, 5.41) is 6.81. The van der Waals surface area contributed by atoms with E-state index in [1.807, 2.05) is 20.8 Å². The molecular weight excluding hydrogens is 288 g/mol. The summed E-state index contributed by atoms with van der Waals surface area (Å²) < 4.78 is 5.41. The van der Waals surface area contributed by atoms with Crippen LogP contribution in [0, 0.1) is 11.8 Å². The van der Waals surface area contributed by atoms with Crippen molar-refractivity contribution in [3.05, 3.63) is 0 Å². The first kappa shape index (κ1) is 18.6. The Balaban J connectivity index is 1.75. The number of nitrogens with one attached hydrogen (secondary N) is 2. The number of ether oxygens (including phenoxy) is 1. The van der Waals surface area contributed by atoms with Gasteiger partial charge in [-0.15, -0.1) is 0 Å². The van der Waals surface area contributed by atoms with Crippen molar-refractivity contribution in [2.45, 2.75) is 96.7 Å². The minimum Gasteiger partial charge on any atom is -0.444 e. The number of carbonyl (C=O) groups excluding carboxylic acids is 1. The minimum atomic E-state index is -0.429. The van der Waals surface area contributed by atoms with E-state index in [1.165, 1.54) is 51.4 Å². The molecule has 0 radical (unpaired) electrons. The fourth-order valence-corrected chi connectivity index (χ4v) is 3.58. The van der Waals surface area contributed by atoms with Gasteiger partial charge >= 0.3 is 6.09 Å². The summed E-state index contributed by atoms with van der Waals surface area (Å²) in [4.78, 5) is 12.0. The zero-order chi connectivity index (χ0) is 16.9. The third-order valence-corrected chi connectivity index (χ3v) is 5.19. The van der Waals surface area contributed by atoms with Crippen LogP contribution in [0.15, 0.2) is 0 Å². The van der Waals surface area contributed by atoms with Gasteiger partial charge in [0.25, 0.3) is 0 Å². The molecule has 2 fully saturated rings. The average Bonchev–Trinajstić information content (AvgIpc) is 3.28. The van der Waals surface area contributed by atoms with Crippen molar-refractivity contribution in [3.8, 4) is 0 Å². The van der Waals surface area contributed by atoms with Crippen molar-refractivity contribution in [2.75, 3.05) is 6.54 Å². The van der Waals surface area contributed by atoms with Crippen LogP contribution in [-0.4, -0.2) is 30.3 Å². The van der Waals surface area contributed by atoms with Gasteiger partial charge in [-0.05, 0) is 64.7 Å². The first-order valence-electron chi connectivity index (χ1n) is 9.60. The van der Waals surface area contributed by atoms with Crippen molar-refractivity contribution in [3.63, 3.8) is 0 Å². The van der Waals surface area contributed by atoms with Gasteiger partial charge in [0.15, 0.2) is 0 Å². The van der Waals surface area contributed by atoms with Crippen LogP contribution < -0.4 is 10.6 Å². The average molecular weight is 325 g/mol. The zero-order valence-electron chi connectivity index (χ0n) is 15.5. The first-order chi connectivity index (χ1) is 10.9. The fraction of sp³-hybridized carbons (Fsp3) is 0.947. The Bertz CT molecular complexity index is 374. The summed E-state index contributed by atoms with van der Waals surface area (Å²) in [5.74, 6) is 1.55. The Morgan fingerprint density at radius 2 is 1.87 bits per heavy atom. The van der Waals surface area contributed by atoms with E-state index in [2.05, 4.69) is 17.6 Å². The van der Waals surface area contributed by atoms with Crippen LogP contribution in [0.5, 0.6) is 0 Å². The Morgan fingerprint density at radius 1 is 1.13 bits per heavy atom. The molecule has 3 atom stereocenters. The highest BCUT2D eigenvalue weighted by Gasteiger charge is 2.33. The molecule has 3 unspecified atom stereocenters. The summed E-state index contributed by atoms with van der Waals surface area (Å²) in [7, 11) is 0. The van der Waals surface area contributed by atoms with Crippen LogP contribution in [0.3, 0.4) is 0 Å². The van der Waals surface area contributed by atoms with Crippen LogP contribution in [0.2, 0.25) is 0 Å². The predicted octanol–water partition coefficient (Wildman–Crippen LogP) is 4.24. The highest BCUT2D eigenvalue weighted by Crippen LogP contribution is 2.33. The van der Waals surface area contributed by atoms with E-state index in [-0.39, 0.29) is 12.1 Å². The molecule has 0 heterocycles. The normalized spacial score (nSPS) is 27.1. The van der Waals surface area contributed by atoms with Crippen molar-refractivity contribution >= 4 is 6.09 Å². The van der Waals surface area contributed by atoms with Gasteiger partial charge < -0.3 is 15.4 Å². The second-order valence-corrected chi connectivity index (χ2v) is 8.48. The topological polar surface area (TPSA) is 50.4 Å². The second kappa shape index (κ2) is 8.36. The number of carbonyl (C=O) groups is 1. The van der Waals surface area contributed by atoms with E-state index < -0.39 is 5.60 Å². The Morgan fingerprint density at radius 3 is 2.48 bits per heavy atom. The lowest BCUT2D eigenvalue weighted by Gasteiger charge is -2.25. The van der Waals surface area contributed by atoms with Crippen LogP contribution in [0.4, 0.5) is 4.79 Å². The maximum Gasteiger partial charge on any atom is 0.407 e. The van der Waals surface area contributed by atoms with Gasteiger partial charge in [0.2, 0.25) is 0 Å². The van der Waals surface area contributed by atoms with E-state index in [1.54, 1.807) is 0 Å². The molecule has 1 amide bonds. The molecule has 0 aromatic heterocycles. The SMILES string of the molecule is CCC1CCCC(NCC(NC(=O)OC(C)(C)C)C2CC2)CC1. The largest absolute Gasteiger partial charge is 0.444 e. The predicted molar refractivity (Wildman–Crippen MR) is 94.5 cm³/mol. The molecule has 23 heavy (non-hydrogen) atoms. The molecule has 0 bridgehead atoms. The summed E-state index contributed by atoms with van der Waals surface area (Å²) in [6.45, 7) is 8.92. The molecule has 0 saturated heterocycles. The molecule has 4 heteroatoms. The molecular formula is C19H36N2O2. The summed E-state index contributed by atoms with van der Waals surface area (Å²) in [6, 6.07) is 0.836.